The van der Waals surface area contributed by atoms with Gasteiger partial charge in [-0.05, 0) is 193 Å². The van der Waals surface area contributed by atoms with E-state index in [9.17, 15) is 0 Å². The maximum atomic E-state index is 2.70. The Kier molecular flexibility index (Phi) is 10.8. The van der Waals surface area contributed by atoms with Gasteiger partial charge in [-0.3, -0.25) is 0 Å². The van der Waals surface area contributed by atoms with Gasteiger partial charge in [-0.1, -0.05) is 173 Å². The smallest absolute Gasteiger partial charge is 0.252 e. The highest BCUT2D eigenvalue weighted by Crippen LogP contribution is 2.54. The van der Waals surface area contributed by atoms with Crippen LogP contribution < -0.4 is 31.1 Å². The van der Waals surface area contributed by atoms with E-state index in [-0.39, 0.29) is 33.8 Å². The molecule has 2 aliphatic carbocycles. The predicted octanol–water partition coefficient (Wildman–Crippen LogP) is 17.2. The summed E-state index contributed by atoms with van der Waals surface area (Å²) >= 11 is 0. The molecule has 0 saturated carbocycles. The van der Waals surface area contributed by atoms with Crippen LogP contribution in [0.3, 0.4) is 0 Å². The molecule has 4 aliphatic rings. The lowest BCUT2D eigenvalue weighted by Gasteiger charge is -2.48. The third-order valence-corrected chi connectivity index (χ3v) is 17.8. The number of para-hydroxylation sites is 2. The van der Waals surface area contributed by atoms with Gasteiger partial charge in [-0.2, -0.15) is 0 Å². The van der Waals surface area contributed by atoms with E-state index >= 15 is 0 Å². The Morgan fingerprint density at radius 1 is 0.411 bits per heavy atom. The highest BCUT2D eigenvalue weighted by atomic mass is 15.2. The first-order chi connectivity index (χ1) is 34.7. The molecular formula is C69H72BN3. The van der Waals surface area contributed by atoms with Gasteiger partial charge in [0.25, 0.3) is 6.71 Å². The van der Waals surface area contributed by atoms with Crippen LogP contribution in [0.2, 0.25) is 0 Å². The van der Waals surface area contributed by atoms with Gasteiger partial charge < -0.3 is 14.7 Å². The molecule has 0 spiro atoms. The zero-order valence-electron chi connectivity index (χ0n) is 45.4. The maximum absolute atomic E-state index is 2.70. The van der Waals surface area contributed by atoms with Crippen LogP contribution in [-0.2, 0) is 27.1 Å². The molecule has 4 heteroatoms. The second kappa shape index (κ2) is 16.6. The van der Waals surface area contributed by atoms with Crippen LogP contribution in [0.25, 0.3) is 11.1 Å². The molecule has 0 fully saturated rings. The highest BCUT2D eigenvalue weighted by molar-refractivity contribution is 7.00. The molecule has 0 amide bonds. The normalized spacial score (nSPS) is 17.5. The largest absolute Gasteiger partial charge is 0.311 e. The summed E-state index contributed by atoms with van der Waals surface area (Å²) in [4.78, 5) is 7.83. The Balaban J connectivity index is 1.24. The summed E-state index contributed by atoms with van der Waals surface area (Å²) in [5.74, 6) is 0. The molecule has 0 bridgehead atoms. The molecule has 0 unspecified atom stereocenters. The number of hydrogen-bond acceptors (Lipinski definition) is 3. The lowest BCUT2D eigenvalue weighted by Crippen LogP contribution is -2.62. The Morgan fingerprint density at radius 3 is 1.51 bits per heavy atom. The van der Waals surface area contributed by atoms with Crippen LogP contribution in [0.5, 0.6) is 0 Å². The molecule has 0 atom stereocenters. The van der Waals surface area contributed by atoms with Crippen molar-refractivity contribution in [2.45, 2.75) is 136 Å². The van der Waals surface area contributed by atoms with Crippen LogP contribution in [0, 0.1) is 6.92 Å². The van der Waals surface area contributed by atoms with E-state index in [1.807, 2.05) is 0 Å². The zero-order valence-corrected chi connectivity index (χ0v) is 45.4. The number of nitrogens with zero attached hydrogens (tertiary/aromatic N) is 3. The topological polar surface area (TPSA) is 9.72 Å². The van der Waals surface area contributed by atoms with Gasteiger partial charge in [0.1, 0.15) is 0 Å². The molecule has 2 aliphatic heterocycles. The molecule has 0 saturated heterocycles. The second-order valence-corrected chi connectivity index (χ2v) is 25.6. The zero-order chi connectivity index (χ0) is 51.0. The summed E-state index contributed by atoms with van der Waals surface area (Å²) in [7, 11) is 0. The van der Waals surface area contributed by atoms with Gasteiger partial charge in [-0.15, -0.1) is 0 Å². The summed E-state index contributed by atoms with van der Waals surface area (Å²) < 4.78 is 0. The number of hydrogen-bond donors (Lipinski definition) is 0. The van der Waals surface area contributed by atoms with Crippen LogP contribution >= 0.6 is 0 Å². The van der Waals surface area contributed by atoms with E-state index in [1.165, 1.54) is 101 Å². The van der Waals surface area contributed by atoms with E-state index in [2.05, 4.69) is 268 Å². The molecule has 0 N–H and O–H groups in total. The van der Waals surface area contributed by atoms with Gasteiger partial charge in [-0.25, -0.2) is 0 Å². The second-order valence-electron chi connectivity index (χ2n) is 25.6. The monoisotopic (exact) mass is 954 g/mol. The molecule has 2 heterocycles. The van der Waals surface area contributed by atoms with Crippen molar-refractivity contribution >= 4 is 74.3 Å². The minimum atomic E-state index is -0.0671. The van der Waals surface area contributed by atoms with Crippen LogP contribution in [0.1, 0.15) is 135 Å². The highest BCUT2D eigenvalue weighted by Gasteiger charge is 2.48. The molecule has 8 aromatic rings. The first kappa shape index (κ1) is 47.2. The number of rotatable bonds is 6. The van der Waals surface area contributed by atoms with E-state index in [0.29, 0.717) is 0 Å². The quantitative estimate of drug-likeness (QED) is 0.154. The summed E-state index contributed by atoms with van der Waals surface area (Å²) in [6.07, 6.45) is 4.65. The summed E-state index contributed by atoms with van der Waals surface area (Å²) in [6.45, 7) is 29.1. The molecule has 3 nitrogen and oxygen atoms in total. The molecule has 12 rings (SSSR count). The van der Waals surface area contributed by atoms with Gasteiger partial charge in [0.15, 0.2) is 0 Å². The SMILES string of the molecule is Cc1cc(-c2ccccc2)ccc1N1c2cc(C(C)(C)C)ccc2B2c3cc4c(cc3N(c3ccc5c(c3)C(C)(C)CCC5(C)C)c3cc(N(c5ccccc5)c5ccccc5)cc1c32)C(C)(C)CCC4(C)C. The van der Waals surface area contributed by atoms with Crippen molar-refractivity contribution in [2.24, 2.45) is 0 Å². The molecule has 0 aromatic heterocycles. The third-order valence-electron chi connectivity index (χ3n) is 17.8. The Bertz CT molecular complexity index is 3430. The first-order valence-corrected chi connectivity index (χ1v) is 27.0. The maximum Gasteiger partial charge on any atom is 0.252 e. The lowest BCUT2D eigenvalue weighted by atomic mass is 9.33. The molecular weight excluding hydrogens is 882 g/mol. The van der Waals surface area contributed by atoms with Gasteiger partial charge in [0.05, 0.1) is 5.69 Å². The van der Waals surface area contributed by atoms with Crippen molar-refractivity contribution in [1.82, 2.24) is 0 Å². The summed E-state index contributed by atoms with van der Waals surface area (Å²) in [6, 6.07) is 65.3. The fourth-order valence-corrected chi connectivity index (χ4v) is 13.2. The predicted molar refractivity (Wildman–Crippen MR) is 315 cm³/mol. The van der Waals surface area contributed by atoms with Gasteiger partial charge in [0, 0.05) is 45.5 Å². The minimum Gasteiger partial charge on any atom is -0.311 e. The van der Waals surface area contributed by atoms with E-state index < -0.39 is 0 Å². The minimum absolute atomic E-state index is 0.0180. The van der Waals surface area contributed by atoms with Crippen molar-refractivity contribution < 1.29 is 0 Å². The van der Waals surface area contributed by atoms with Crippen LogP contribution in [0.15, 0.2) is 170 Å². The standard InChI is InChI=1S/C69H72BN3/c1-45-38-47(46-22-16-13-17-23-46)28-33-59(45)73-60-39-48(65(2,3)4)29-32-57(60)70-58-43-55-56(69(11,12)37-36-68(55,9)10)44-61(58)72(51-30-31-53-54(40-51)67(7,8)35-34-66(53,5)6)62-41-52(42-63(73)64(62)70)71(49-24-18-14-19-25-49)50-26-20-15-21-27-50/h13-33,38-44H,34-37H2,1-12H3. The van der Waals surface area contributed by atoms with Crippen LogP contribution in [-0.4, -0.2) is 6.71 Å². The molecule has 0 radical (unpaired) electrons. The third kappa shape index (κ3) is 7.68. The fourth-order valence-electron chi connectivity index (χ4n) is 13.2. The van der Waals surface area contributed by atoms with Gasteiger partial charge >= 0.3 is 0 Å². The van der Waals surface area contributed by atoms with E-state index in [0.717, 1.165) is 36.3 Å². The first-order valence-electron chi connectivity index (χ1n) is 27.0. The Hall–Kier alpha value is -6.78. The Labute approximate surface area is 437 Å². The van der Waals surface area contributed by atoms with Crippen molar-refractivity contribution in [3.05, 3.63) is 203 Å². The van der Waals surface area contributed by atoms with Crippen molar-refractivity contribution in [2.75, 3.05) is 14.7 Å². The van der Waals surface area contributed by atoms with Gasteiger partial charge in [0.2, 0.25) is 0 Å². The number of aryl methyl sites for hydroxylation is 1. The number of fused-ring (bicyclic) bond motifs is 6. The average molecular weight is 954 g/mol. The molecule has 366 valence electrons. The Morgan fingerprint density at radius 2 is 0.932 bits per heavy atom. The number of anilines is 9. The van der Waals surface area contributed by atoms with Crippen molar-refractivity contribution in [1.29, 1.82) is 0 Å². The lowest BCUT2D eigenvalue weighted by molar-refractivity contribution is 0.332. The molecule has 73 heavy (non-hydrogen) atoms. The van der Waals surface area contributed by atoms with E-state index in [1.54, 1.807) is 0 Å². The average Bonchev–Trinajstić information content (AvgIpc) is 3.37. The molecule has 8 aromatic carbocycles. The van der Waals surface area contributed by atoms with E-state index in [4.69, 9.17) is 0 Å². The van der Waals surface area contributed by atoms with Crippen molar-refractivity contribution in [3.8, 4) is 11.1 Å². The van der Waals surface area contributed by atoms with Crippen molar-refractivity contribution in [3.63, 3.8) is 0 Å². The number of benzene rings is 8. The fraction of sp³-hybridized carbons (Fsp3) is 0.304. The summed E-state index contributed by atoms with van der Waals surface area (Å²) in [5, 5.41) is 0. The summed E-state index contributed by atoms with van der Waals surface area (Å²) in [5.41, 5.74) is 26.0. The van der Waals surface area contributed by atoms with Crippen LogP contribution in [0.4, 0.5) is 51.2 Å².